The van der Waals surface area contributed by atoms with Crippen LogP contribution in [0, 0.1) is 6.92 Å². The van der Waals surface area contributed by atoms with Crippen LogP contribution < -0.4 is 9.50 Å². The van der Waals surface area contributed by atoms with Crippen molar-refractivity contribution < 1.29 is 41.2 Å². The summed E-state index contributed by atoms with van der Waals surface area (Å²) < 4.78 is 47.4. The van der Waals surface area contributed by atoms with Gasteiger partial charge in [-0.25, -0.2) is 9.59 Å². The molecular weight excluding hydrogens is 490 g/mol. The van der Waals surface area contributed by atoms with Gasteiger partial charge in [-0.1, -0.05) is 17.7 Å². The standard InChI is InChI=1S/C25H27NO9S/c1-15-6-8-16(9-7-15)36(30,31)35-22-18(17-12-13-33-20(17)14-27)10-11-19(21(22)23(28)32-5)26-24(29)34-25(2,3)4/h6-13,27H,14H2,1-5H3,(H,26,29). The molecule has 0 aliphatic carbocycles. The summed E-state index contributed by atoms with van der Waals surface area (Å²) in [7, 11) is -3.35. The number of aliphatic hydroxyl groups excluding tert-OH is 1. The van der Waals surface area contributed by atoms with Crippen molar-refractivity contribution in [2.45, 2.75) is 44.8 Å². The number of amides is 1. The molecule has 1 aromatic heterocycles. The highest BCUT2D eigenvalue weighted by Gasteiger charge is 2.30. The van der Waals surface area contributed by atoms with E-state index >= 15 is 0 Å². The Labute approximate surface area is 208 Å². The lowest BCUT2D eigenvalue weighted by Gasteiger charge is -2.21. The van der Waals surface area contributed by atoms with E-state index in [1.54, 1.807) is 39.8 Å². The Morgan fingerprint density at radius 2 is 1.69 bits per heavy atom. The monoisotopic (exact) mass is 517 g/mol. The molecule has 0 radical (unpaired) electrons. The zero-order valence-electron chi connectivity index (χ0n) is 20.4. The van der Waals surface area contributed by atoms with Gasteiger partial charge in [0.05, 0.1) is 19.1 Å². The van der Waals surface area contributed by atoms with Crippen molar-refractivity contribution in [2.24, 2.45) is 0 Å². The molecule has 1 amide bonds. The zero-order chi connectivity index (χ0) is 26.7. The molecule has 0 bridgehead atoms. The first kappa shape index (κ1) is 26.8. The van der Waals surface area contributed by atoms with Gasteiger partial charge in [0.1, 0.15) is 28.4 Å². The van der Waals surface area contributed by atoms with Crippen molar-refractivity contribution in [3.63, 3.8) is 0 Å². The molecule has 3 rings (SSSR count). The van der Waals surface area contributed by atoms with Crippen LogP contribution in [0.4, 0.5) is 10.5 Å². The van der Waals surface area contributed by atoms with E-state index in [1.807, 2.05) is 0 Å². The number of ether oxygens (including phenoxy) is 2. The average molecular weight is 518 g/mol. The molecule has 2 N–H and O–H groups in total. The van der Waals surface area contributed by atoms with E-state index in [9.17, 15) is 23.1 Å². The van der Waals surface area contributed by atoms with Gasteiger partial charge in [-0.15, -0.1) is 0 Å². The number of hydrogen-bond donors (Lipinski definition) is 2. The fourth-order valence-electron chi connectivity index (χ4n) is 3.27. The van der Waals surface area contributed by atoms with Crippen LogP contribution >= 0.6 is 0 Å². The minimum Gasteiger partial charge on any atom is -0.466 e. The molecule has 0 saturated heterocycles. The third-order valence-corrected chi connectivity index (χ3v) is 6.10. The molecule has 0 aliphatic heterocycles. The first-order chi connectivity index (χ1) is 16.9. The van der Waals surface area contributed by atoms with Gasteiger partial charge in [0.2, 0.25) is 0 Å². The second-order valence-corrected chi connectivity index (χ2v) is 10.3. The Kier molecular flexibility index (Phi) is 7.75. The maximum absolute atomic E-state index is 13.2. The Morgan fingerprint density at radius 3 is 2.28 bits per heavy atom. The second kappa shape index (κ2) is 10.4. The fourth-order valence-corrected chi connectivity index (χ4v) is 4.23. The van der Waals surface area contributed by atoms with Gasteiger partial charge in [-0.3, -0.25) is 5.32 Å². The quantitative estimate of drug-likeness (QED) is 0.338. The van der Waals surface area contributed by atoms with E-state index in [0.29, 0.717) is 0 Å². The van der Waals surface area contributed by atoms with E-state index < -0.39 is 40.1 Å². The number of nitrogens with one attached hydrogen (secondary N) is 1. The van der Waals surface area contributed by atoms with Gasteiger partial charge in [-0.2, -0.15) is 8.42 Å². The number of carbonyl (C=O) groups is 2. The van der Waals surface area contributed by atoms with Crippen LogP contribution in [0.2, 0.25) is 0 Å². The SMILES string of the molecule is COC(=O)c1c(NC(=O)OC(C)(C)C)ccc(-c2ccoc2CO)c1OS(=O)(=O)c1ccc(C)cc1. The molecule has 0 spiro atoms. The molecule has 0 fully saturated rings. The van der Waals surface area contributed by atoms with E-state index in [4.69, 9.17) is 18.1 Å². The lowest BCUT2D eigenvalue weighted by atomic mass is 10.00. The highest BCUT2D eigenvalue weighted by molar-refractivity contribution is 7.87. The summed E-state index contributed by atoms with van der Waals surface area (Å²) in [4.78, 5) is 25.2. The van der Waals surface area contributed by atoms with Crippen LogP contribution in [0.1, 0.15) is 42.5 Å². The van der Waals surface area contributed by atoms with Gasteiger partial charge in [0, 0.05) is 11.1 Å². The number of rotatable bonds is 7. The smallest absolute Gasteiger partial charge is 0.412 e. The van der Waals surface area contributed by atoms with Gasteiger partial charge < -0.3 is 23.2 Å². The summed E-state index contributed by atoms with van der Waals surface area (Å²) in [6, 6.07) is 10.2. The van der Waals surface area contributed by atoms with Crippen LogP contribution in [0.25, 0.3) is 11.1 Å². The molecule has 3 aromatic rings. The molecule has 36 heavy (non-hydrogen) atoms. The number of benzene rings is 2. The number of methoxy groups -OCH3 is 1. The largest absolute Gasteiger partial charge is 0.466 e. The molecule has 0 unspecified atom stereocenters. The summed E-state index contributed by atoms with van der Waals surface area (Å²) in [5.74, 6) is -1.30. The van der Waals surface area contributed by atoms with Crippen molar-refractivity contribution in [2.75, 3.05) is 12.4 Å². The summed E-state index contributed by atoms with van der Waals surface area (Å²) in [5, 5.41) is 12.1. The summed E-state index contributed by atoms with van der Waals surface area (Å²) >= 11 is 0. The molecule has 0 atom stereocenters. The highest BCUT2D eigenvalue weighted by atomic mass is 32.2. The van der Waals surface area contributed by atoms with Crippen molar-refractivity contribution in [3.8, 4) is 16.9 Å². The van der Waals surface area contributed by atoms with Crippen LogP contribution in [0.3, 0.4) is 0 Å². The summed E-state index contributed by atoms with van der Waals surface area (Å²) in [6.07, 6.45) is 0.413. The Bertz CT molecular complexity index is 1370. The highest BCUT2D eigenvalue weighted by Crippen LogP contribution is 2.41. The maximum Gasteiger partial charge on any atom is 0.412 e. The second-order valence-electron chi connectivity index (χ2n) is 8.75. The molecule has 192 valence electrons. The van der Waals surface area contributed by atoms with E-state index in [2.05, 4.69) is 5.32 Å². The molecular formula is C25H27NO9S. The normalized spacial score (nSPS) is 11.6. The number of anilines is 1. The number of aliphatic hydroxyl groups is 1. The Hall–Kier alpha value is -3.83. The van der Waals surface area contributed by atoms with Crippen LogP contribution in [0.5, 0.6) is 5.75 Å². The third kappa shape index (κ3) is 6.04. The molecule has 0 aliphatic rings. The van der Waals surface area contributed by atoms with Gasteiger partial charge in [0.15, 0.2) is 5.75 Å². The summed E-state index contributed by atoms with van der Waals surface area (Å²) in [5.41, 5.74) is -0.0978. The fraction of sp³-hybridized carbons (Fsp3) is 0.280. The maximum atomic E-state index is 13.2. The molecule has 0 saturated carbocycles. The first-order valence-electron chi connectivity index (χ1n) is 10.8. The minimum atomic E-state index is -4.45. The molecule has 10 nitrogen and oxygen atoms in total. The van der Waals surface area contributed by atoms with E-state index in [0.717, 1.165) is 12.7 Å². The number of hydrogen-bond acceptors (Lipinski definition) is 9. The topological polar surface area (TPSA) is 141 Å². The predicted octanol–water partition coefficient (Wildman–Crippen LogP) is 4.65. The van der Waals surface area contributed by atoms with Crippen molar-refractivity contribution in [3.05, 3.63) is 65.6 Å². The third-order valence-electron chi connectivity index (χ3n) is 4.86. The lowest BCUT2D eigenvalue weighted by Crippen LogP contribution is -2.28. The lowest BCUT2D eigenvalue weighted by molar-refractivity contribution is 0.0600. The number of furan rings is 1. The zero-order valence-corrected chi connectivity index (χ0v) is 21.3. The molecule has 11 heteroatoms. The van der Waals surface area contributed by atoms with E-state index in [-0.39, 0.29) is 33.0 Å². The average Bonchev–Trinajstić information content (AvgIpc) is 3.26. The van der Waals surface area contributed by atoms with Crippen molar-refractivity contribution >= 4 is 27.9 Å². The van der Waals surface area contributed by atoms with Crippen molar-refractivity contribution in [1.82, 2.24) is 0 Å². The van der Waals surface area contributed by atoms with Crippen LogP contribution in [0.15, 0.2) is 58.0 Å². The van der Waals surface area contributed by atoms with E-state index in [1.165, 1.54) is 36.6 Å². The van der Waals surface area contributed by atoms with Gasteiger partial charge in [0.25, 0.3) is 0 Å². The predicted molar refractivity (Wildman–Crippen MR) is 130 cm³/mol. The van der Waals surface area contributed by atoms with Gasteiger partial charge in [-0.05, 0) is 58.0 Å². The summed E-state index contributed by atoms with van der Waals surface area (Å²) in [6.45, 7) is 6.28. The van der Waals surface area contributed by atoms with Crippen molar-refractivity contribution in [1.29, 1.82) is 0 Å². The number of carbonyl (C=O) groups excluding carboxylic acids is 2. The molecule has 1 heterocycles. The van der Waals surface area contributed by atoms with Gasteiger partial charge >= 0.3 is 22.2 Å². The molecule has 2 aromatic carbocycles. The number of aryl methyl sites for hydroxylation is 1. The first-order valence-corrected chi connectivity index (χ1v) is 12.2. The Balaban J connectivity index is 2.24. The number of esters is 1. The van der Waals surface area contributed by atoms with Crippen LogP contribution in [-0.2, 0) is 26.2 Å². The van der Waals surface area contributed by atoms with Crippen LogP contribution in [-0.4, -0.2) is 38.3 Å². The Morgan fingerprint density at radius 1 is 1.03 bits per heavy atom. The minimum absolute atomic E-state index is 0.108.